The van der Waals surface area contributed by atoms with Gasteiger partial charge in [-0.15, -0.1) is 0 Å². The second kappa shape index (κ2) is 8.95. The van der Waals surface area contributed by atoms with E-state index in [0.717, 1.165) is 6.08 Å². The SMILES string of the molecule is COCCOc1cc(/C=C/C(=O)O)ccc1OCCO. The van der Waals surface area contributed by atoms with Crippen molar-refractivity contribution in [3.8, 4) is 11.5 Å². The third kappa shape index (κ3) is 5.73. The number of aliphatic hydroxyl groups is 1. The van der Waals surface area contributed by atoms with Crippen LogP contribution in [0.25, 0.3) is 6.08 Å². The molecule has 0 amide bonds. The van der Waals surface area contributed by atoms with E-state index in [2.05, 4.69) is 0 Å². The molecule has 20 heavy (non-hydrogen) atoms. The molecule has 1 aromatic rings. The number of aliphatic hydroxyl groups excluding tert-OH is 1. The van der Waals surface area contributed by atoms with Crippen LogP contribution in [-0.2, 0) is 9.53 Å². The van der Waals surface area contributed by atoms with Crippen LogP contribution in [0.5, 0.6) is 11.5 Å². The quantitative estimate of drug-likeness (QED) is 0.522. The van der Waals surface area contributed by atoms with E-state index in [4.69, 9.17) is 24.4 Å². The van der Waals surface area contributed by atoms with Crippen LogP contribution in [0.3, 0.4) is 0 Å². The number of carboxylic acids is 1. The van der Waals surface area contributed by atoms with Crippen molar-refractivity contribution in [1.82, 2.24) is 0 Å². The molecule has 0 unspecified atom stereocenters. The average Bonchev–Trinajstić information content (AvgIpc) is 2.44. The maximum Gasteiger partial charge on any atom is 0.328 e. The number of carboxylic acid groups (broad SMARTS) is 1. The van der Waals surface area contributed by atoms with Gasteiger partial charge in [0.2, 0.25) is 0 Å². The molecule has 0 atom stereocenters. The van der Waals surface area contributed by atoms with Gasteiger partial charge >= 0.3 is 5.97 Å². The van der Waals surface area contributed by atoms with E-state index in [1.807, 2.05) is 0 Å². The Morgan fingerprint density at radius 2 is 1.95 bits per heavy atom. The Bertz CT molecular complexity index is 455. The summed E-state index contributed by atoms with van der Waals surface area (Å²) < 4.78 is 15.7. The van der Waals surface area contributed by atoms with Crippen molar-refractivity contribution in [2.24, 2.45) is 0 Å². The molecule has 0 bridgehead atoms. The Kier molecular flexibility index (Phi) is 7.16. The van der Waals surface area contributed by atoms with Crippen LogP contribution >= 0.6 is 0 Å². The van der Waals surface area contributed by atoms with E-state index >= 15 is 0 Å². The maximum absolute atomic E-state index is 10.5. The summed E-state index contributed by atoms with van der Waals surface area (Å²) in [7, 11) is 1.57. The molecule has 0 aliphatic rings. The summed E-state index contributed by atoms with van der Waals surface area (Å²) in [6.07, 6.45) is 2.50. The zero-order valence-corrected chi connectivity index (χ0v) is 11.2. The smallest absolute Gasteiger partial charge is 0.328 e. The monoisotopic (exact) mass is 282 g/mol. The first-order valence-corrected chi connectivity index (χ1v) is 6.08. The minimum Gasteiger partial charge on any atom is -0.487 e. The highest BCUT2D eigenvalue weighted by atomic mass is 16.5. The van der Waals surface area contributed by atoms with Gasteiger partial charge in [0.25, 0.3) is 0 Å². The van der Waals surface area contributed by atoms with Gasteiger partial charge in [0, 0.05) is 13.2 Å². The van der Waals surface area contributed by atoms with E-state index in [1.54, 1.807) is 25.3 Å². The zero-order chi connectivity index (χ0) is 14.8. The summed E-state index contributed by atoms with van der Waals surface area (Å²) in [4.78, 5) is 10.5. The first-order chi connectivity index (χ1) is 9.67. The van der Waals surface area contributed by atoms with Crippen LogP contribution < -0.4 is 9.47 Å². The van der Waals surface area contributed by atoms with Gasteiger partial charge in [-0.2, -0.15) is 0 Å². The van der Waals surface area contributed by atoms with Crippen LogP contribution in [0.15, 0.2) is 24.3 Å². The molecular formula is C14H18O6. The molecule has 6 nitrogen and oxygen atoms in total. The third-order valence-electron chi connectivity index (χ3n) is 2.28. The largest absolute Gasteiger partial charge is 0.487 e. The Morgan fingerprint density at radius 1 is 1.20 bits per heavy atom. The number of aliphatic carboxylic acids is 1. The minimum atomic E-state index is -1.02. The van der Waals surface area contributed by atoms with Crippen molar-refractivity contribution < 1.29 is 29.2 Å². The van der Waals surface area contributed by atoms with Crippen molar-refractivity contribution >= 4 is 12.0 Å². The van der Waals surface area contributed by atoms with Gasteiger partial charge in [-0.25, -0.2) is 4.79 Å². The Morgan fingerprint density at radius 3 is 2.60 bits per heavy atom. The molecule has 0 radical (unpaired) electrons. The van der Waals surface area contributed by atoms with Crippen molar-refractivity contribution in [3.63, 3.8) is 0 Å². The molecule has 1 rings (SSSR count). The summed E-state index contributed by atoms with van der Waals surface area (Å²) >= 11 is 0. The molecule has 0 aromatic heterocycles. The lowest BCUT2D eigenvalue weighted by molar-refractivity contribution is -0.131. The fourth-order valence-electron chi connectivity index (χ4n) is 1.42. The van der Waals surface area contributed by atoms with Gasteiger partial charge in [-0.3, -0.25) is 0 Å². The van der Waals surface area contributed by atoms with E-state index in [-0.39, 0.29) is 13.2 Å². The predicted octanol–water partition coefficient (Wildman–Crippen LogP) is 1.18. The van der Waals surface area contributed by atoms with Gasteiger partial charge in [0.15, 0.2) is 11.5 Å². The highest BCUT2D eigenvalue weighted by Gasteiger charge is 2.06. The highest BCUT2D eigenvalue weighted by Crippen LogP contribution is 2.29. The van der Waals surface area contributed by atoms with E-state index in [1.165, 1.54) is 6.08 Å². The van der Waals surface area contributed by atoms with Crippen LogP contribution in [0.1, 0.15) is 5.56 Å². The van der Waals surface area contributed by atoms with Gasteiger partial charge in [0.1, 0.15) is 13.2 Å². The van der Waals surface area contributed by atoms with Crippen LogP contribution in [-0.4, -0.2) is 49.7 Å². The number of methoxy groups -OCH3 is 1. The zero-order valence-electron chi connectivity index (χ0n) is 11.2. The van der Waals surface area contributed by atoms with E-state index in [0.29, 0.717) is 30.3 Å². The van der Waals surface area contributed by atoms with Crippen molar-refractivity contribution in [2.75, 3.05) is 33.5 Å². The summed E-state index contributed by atoms with van der Waals surface area (Å²) in [6, 6.07) is 5.04. The van der Waals surface area contributed by atoms with Gasteiger partial charge < -0.3 is 24.4 Å². The summed E-state index contributed by atoms with van der Waals surface area (Å²) in [5.74, 6) is -0.0573. The third-order valence-corrected chi connectivity index (χ3v) is 2.28. The van der Waals surface area contributed by atoms with Crippen molar-refractivity contribution in [1.29, 1.82) is 0 Å². The molecule has 6 heteroatoms. The van der Waals surface area contributed by atoms with Crippen LogP contribution in [0.4, 0.5) is 0 Å². The fourth-order valence-corrected chi connectivity index (χ4v) is 1.42. The Labute approximate surface area is 117 Å². The van der Waals surface area contributed by atoms with Crippen LogP contribution in [0, 0.1) is 0 Å². The molecule has 0 saturated heterocycles. The van der Waals surface area contributed by atoms with Crippen LogP contribution in [0.2, 0.25) is 0 Å². The summed E-state index contributed by atoms with van der Waals surface area (Å²) in [5, 5.41) is 17.4. The second-order valence-electron chi connectivity index (χ2n) is 3.79. The lowest BCUT2D eigenvalue weighted by Gasteiger charge is -2.12. The number of hydrogen-bond acceptors (Lipinski definition) is 5. The molecule has 0 fully saturated rings. The number of rotatable bonds is 9. The van der Waals surface area contributed by atoms with Gasteiger partial charge in [0.05, 0.1) is 13.2 Å². The molecular weight excluding hydrogens is 264 g/mol. The lowest BCUT2D eigenvalue weighted by atomic mass is 10.2. The Balaban J connectivity index is 2.85. The maximum atomic E-state index is 10.5. The molecule has 110 valence electrons. The van der Waals surface area contributed by atoms with E-state index in [9.17, 15) is 4.79 Å². The second-order valence-corrected chi connectivity index (χ2v) is 3.79. The highest BCUT2D eigenvalue weighted by molar-refractivity contribution is 5.85. The normalized spacial score (nSPS) is 10.7. The minimum absolute atomic E-state index is 0.0990. The van der Waals surface area contributed by atoms with E-state index < -0.39 is 5.97 Å². The number of benzene rings is 1. The topological polar surface area (TPSA) is 85.2 Å². The van der Waals surface area contributed by atoms with Crippen molar-refractivity contribution in [2.45, 2.75) is 0 Å². The van der Waals surface area contributed by atoms with Gasteiger partial charge in [-0.05, 0) is 23.8 Å². The first kappa shape index (κ1) is 16.0. The van der Waals surface area contributed by atoms with Crippen molar-refractivity contribution in [3.05, 3.63) is 29.8 Å². The molecule has 0 saturated carbocycles. The molecule has 0 aliphatic heterocycles. The first-order valence-electron chi connectivity index (χ1n) is 6.08. The fraction of sp³-hybridized carbons (Fsp3) is 0.357. The average molecular weight is 282 g/mol. The number of hydrogen-bond donors (Lipinski definition) is 2. The molecule has 0 aliphatic carbocycles. The number of ether oxygens (including phenoxy) is 3. The lowest BCUT2D eigenvalue weighted by Crippen LogP contribution is -2.07. The van der Waals surface area contributed by atoms with Gasteiger partial charge in [-0.1, -0.05) is 6.07 Å². The predicted molar refractivity (Wildman–Crippen MR) is 73.1 cm³/mol. The molecule has 2 N–H and O–H groups in total. The molecule has 1 aromatic carbocycles. The summed E-state index contributed by atoms with van der Waals surface area (Å²) in [6.45, 7) is 0.829. The molecule has 0 heterocycles. The number of carbonyl (C=O) groups is 1. The molecule has 0 spiro atoms. The Hall–Kier alpha value is -2.05. The standard InChI is InChI=1S/C14H18O6/c1-18-8-9-20-13-10-11(3-5-14(16)17)2-4-12(13)19-7-6-15/h2-5,10,15H,6-9H2,1H3,(H,16,17)/b5-3+. The summed E-state index contributed by atoms with van der Waals surface area (Å²) in [5.41, 5.74) is 0.677.